The number of nitrogen functional groups attached to an aromatic ring is 1. The molecule has 2 aromatic carbocycles. The molecule has 3 rings (SSSR count). The molecular formula is C27H36ClN7O4. The SMILES string of the molecule is CCN(C)C(=O)C(C)(CN(CC(C)=O)C(=O)O)c1ccc2c(c1)nc(CNc1ccc(C(=N)N)cc1)n2C.Cl. The first-order chi connectivity index (χ1) is 17.9. The molecule has 0 spiro atoms. The summed E-state index contributed by atoms with van der Waals surface area (Å²) in [7, 11) is 3.57. The third-order valence-corrected chi connectivity index (χ3v) is 6.74. The Bertz CT molecular complexity index is 1370. The number of carboxylic acid groups (broad SMARTS) is 1. The molecule has 39 heavy (non-hydrogen) atoms. The molecule has 1 heterocycles. The fourth-order valence-corrected chi connectivity index (χ4v) is 4.39. The molecule has 11 nitrogen and oxygen atoms in total. The fraction of sp³-hybridized carbons (Fsp3) is 0.370. The van der Waals surface area contributed by atoms with Gasteiger partial charge in [-0.25, -0.2) is 9.78 Å². The van der Waals surface area contributed by atoms with Gasteiger partial charge in [-0.2, -0.15) is 0 Å². The van der Waals surface area contributed by atoms with Crippen molar-refractivity contribution in [1.29, 1.82) is 5.41 Å². The van der Waals surface area contributed by atoms with E-state index in [2.05, 4.69) is 5.32 Å². The molecule has 12 heteroatoms. The van der Waals surface area contributed by atoms with Crippen LogP contribution >= 0.6 is 12.4 Å². The third kappa shape index (κ3) is 6.85. The first-order valence-electron chi connectivity index (χ1n) is 12.2. The number of nitrogens with two attached hydrogens (primary N) is 1. The fourth-order valence-electron chi connectivity index (χ4n) is 4.39. The molecule has 1 atom stereocenters. The number of benzene rings is 2. The number of aryl methyl sites for hydroxylation is 1. The second-order valence-electron chi connectivity index (χ2n) is 9.63. The van der Waals surface area contributed by atoms with E-state index in [1.807, 2.05) is 48.9 Å². The highest BCUT2D eigenvalue weighted by atomic mass is 35.5. The van der Waals surface area contributed by atoms with Crippen molar-refractivity contribution < 1.29 is 19.5 Å². The Kier molecular flexibility index (Phi) is 10.1. The van der Waals surface area contributed by atoms with E-state index in [1.54, 1.807) is 31.0 Å². The van der Waals surface area contributed by atoms with Crippen LogP contribution in [0, 0.1) is 5.41 Å². The van der Waals surface area contributed by atoms with E-state index >= 15 is 0 Å². The summed E-state index contributed by atoms with van der Waals surface area (Å²) in [6.07, 6.45) is -1.26. The Labute approximate surface area is 233 Å². The van der Waals surface area contributed by atoms with E-state index in [1.165, 1.54) is 6.92 Å². The molecular weight excluding hydrogens is 522 g/mol. The highest BCUT2D eigenvalue weighted by molar-refractivity contribution is 5.95. The minimum Gasteiger partial charge on any atom is -0.465 e. The van der Waals surface area contributed by atoms with Crippen molar-refractivity contribution in [3.8, 4) is 0 Å². The molecule has 0 fully saturated rings. The lowest BCUT2D eigenvalue weighted by Crippen LogP contribution is -2.52. The Hall–Kier alpha value is -4.12. The van der Waals surface area contributed by atoms with E-state index in [0.29, 0.717) is 29.7 Å². The number of nitrogens with zero attached hydrogens (tertiary/aromatic N) is 4. The van der Waals surface area contributed by atoms with Gasteiger partial charge in [0.2, 0.25) is 5.91 Å². The number of carbonyl (C=O) groups excluding carboxylic acids is 2. The number of fused-ring (bicyclic) bond motifs is 1. The van der Waals surface area contributed by atoms with Crippen molar-refractivity contribution >= 4 is 52.7 Å². The number of hydrogen-bond donors (Lipinski definition) is 4. The topological polar surface area (TPSA) is 158 Å². The highest BCUT2D eigenvalue weighted by Crippen LogP contribution is 2.31. The highest BCUT2D eigenvalue weighted by Gasteiger charge is 2.40. The number of halogens is 1. The summed E-state index contributed by atoms with van der Waals surface area (Å²) in [4.78, 5) is 44.5. The Morgan fingerprint density at radius 2 is 1.82 bits per heavy atom. The van der Waals surface area contributed by atoms with Gasteiger partial charge >= 0.3 is 6.09 Å². The number of rotatable bonds is 11. The molecule has 2 amide bonds. The molecule has 0 bridgehead atoms. The normalized spacial score (nSPS) is 12.2. The van der Waals surface area contributed by atoms with Crippen LogP contribution in [0.1, 0.15) is 37.7 Å². The van der Waals surface area contributed by atoms with Crippen molar-refractivity contribution in [2.24, 2.45) is 12.8 Å². The average Bonchev–Trinajstić information content (AvgIpc) is 3.20. The lowest BCUT2D eigenvalue weighted by Gasteiger charge is -2.36. The van der Waals surface area contributed by atoms with Gasteiger partial charge < -0.3 is 25.6 Å². The summed E-state index contributed by atoms with van der Waals surface area (Å²) in [6.45, 7) is 5.27. The minimum absolute atomic E-state index is 0. The molecule has 0 aliphatic carbocycles. The molecule has 0 aliphatic rings. The summed E-state index contributed by atoms with van der Waals surface area (Å²) in [5.74, 6) is 0.210. The van der Waals surface area contributed by atoms with Gasteiger partial charge in [-0.3, -0.25) is 19.9 Å². The van der Waals surface area contributed by atoms with Crippen LogP contribution in [0.3, 0.4) is 0 Å². The number of carbonyl (C=O) groups is 3. The van der Waals surface area contributed by atoms with Crippen molar-refractivity contribution in [2.75, 3.05) is 32.0 Å². The number of imidazole rings is 1. The monoisotopic (exact) mass is 557 g/mol. The Morgan fingerprint density at radius 3 is 2.36 bits per heavy atom. The largest absolute Gasteiger partial charge is 0.465 e. The zero-order valence-corrected chi connectivity index (χ0v) is 23.6. The number of anilines is 1. The Morgan fingerprint density at radius 1 is 1.18 bits per heavy atom. The Balaban J connectivity index is 0.00000533. The van der Waals surface area contributed by atoms with E-state index in [9.17, 15) is 19.5 Å². The summed E-state index contributed by atoms with van der Waals surface area (Å²) >= 11 is 0. The van der Waals surface area contributed by atoms with E-state index in [0.717, 1.165) is 21.9 Å². The number of Topliss-reactive ketones (excluding diaryl/α,β-unsaturated/α-hetero) is 1. The smallest absolute Gasteiger partial charge is 0.407 e. The zero-order chi connectivity index (χ0) is 28.2. The molecule has 1 aromatic heterocycles. The van der Waals surface area contributed by atoms with Gasteiger partial charge in [-0.05, 0) is 62.7 Å². The van der Waals surface area contributed by atoms with Crippen LogP contribution in [0.4, 0.5) is 10.5 Å². The second-order valence-corrected chi connectivity index (χ2v) is 9.63. The van der Waals surface area contributed by atoms with Gasteiger partial charge in [0.1, 0.15) is 17.4 Å². The molecule has 0 saturated carbocycles. The van der Waals surface area contributed by atoms with Gasteiger partial charge in [0.05, 0.1) is 29.5 Å². The van der Waals surface area contributed by atoms with Crippen molar-refractivity contribution in [1.82, 2.24) is 19.4 Å². The predicted octanol–water partition coefficient (Wildman–Crippen LogP) is 3.20. The van der Waals surface area contributed by atoms with Crippen molar-refractivity contribution in [3.05, 3.63) is 59.4 Å². The quantitative estimate of drug-likeness (QED) is 0.208. The van der Waals surface area contributed by atoms with Crippen LogP contribution in [0.15, 0.2) is 42.5 Å². The number of amidine groups is 1. The first kappa shape index (κ1) is 31.1. The number of ketones is 1. The van der Waals surface area contributed by atoms with Crippen LogP contribution in [0.5, 0.6) is 0 Å². The van der Waals surface area contributed by atoms with Crippen molar-refractivity contribution in [2.45, 2.75) is 32.7 Å². The molecule has 5 N–H and O–H groups in total. The lowest BCUT2D eigenvalue weighted by atomic mass is 9.80. The van der Waals surface area contributed by atoms with Crippen LogP contribution in [-0.2, 0) is 28.6 Å². The summed E-state index contributed by atoms with van der Waals surface area (Å²) in [5, 5.41) is 20.6. The number of amides is 2. The molecule has 0 aliphatic heterocycles. The zero-order valence-electron chi connectivity index (χ0n) is 22.8. The first-order valence-corrected chi connectivity index (χ1v) is 12.2. The third-order valence-electron chi connectivity index (χ3n) is 6.74. The lowest BCUT2D eigenvalue weighted by molar-refractivity contribution is -0.136. The average molecular weight is 558 g/mol. The summed E-state index contributed by atoms with van der Waals surface area (Å²) in [6, 6.07) is 12.7. The number of likely N-dealkylation sites (N-methyl/N-ethyl adjacent to an activating group) is 1. The maximum atomic E-state index is 13.5. The molecule has 210 valence electrons. The van der Waals surface area contributed by atoms with E-state index in [-0.39, 0.29) is 43.0 Å². The van der Waals surface area contributed by atoms with Gasteiger partial charge in [-0.1, -0.05) is 6.07 Å². The van der Waals surface area contributed by atoms with E-state index < -0.39 is 11.5 Å². The second kappa shape index (κ2) is 12.6. The summed E-state index contributed by atoms with van der Waals surface area (Å²) < 4.78 is 1.95. The van der Waals surface area contributed by atoms with Crippen LogP contribution in [0.2, 0.25) is 0 Å². The van der Waals surface area contributed by atoms with Gasteiger partial charge in [0.25, 0.3) is 0 Å². The van der Waals surface area contributed by atoms with Crippen LogP contribution in [-0.4, -0.2) is 74.8 Å². The minimum atomic E-state index is -1.26. The maximum Gasteiger partial charge on any atom is 0.407 e. The maximum absolute atomic E-state index is 13.5. The molecule has 3 aromatic rings. The number of hydrogen-bond acceptors (Lipinski definition) is 6. The molecule has 0 radical (unpaired) electrons. The van der Waals surface area contributed by atoms with Gasteiger partial charge in [0.15, 0.2) is 0 Å². The molecule has 1 unspecified atom stereocenters. The van der Waals surface area contributed by atoms with Crippen molar-refractivity contribution in [3.63, 3.8) is 0 Å². The van der Waals surface area contributed by atoms with Gasteiger partial charge in [0, 0.05) is 38.4 Å². The predicted molar refractivity (Wildman–Crippen MR) is 154 cm³/mol. The number of aromatic nitrogens is 2. The van der Waals surface area contributed by atoms with E-state index in [4.69, 9.17) is 16.1 Å². The van der Waals surface area contributed by atoms with Gasteiger partial charge in [-0.15, -0.1) is 12.4 Å². The summed E-state index contributed by atoms with van der Waals surface area (Å²) in [5.41, 5.74) is 7.91. The number of nitrogens with one attached hydrogen (secondary N) is 2. The molecule has 0 saturated heterocycles. The van der Waals surface area contributed by atoms with Crippen LogP contribution in [0.25, 0.3) is 11.0 Å². The standard InChI is InChI=1S/C27H35N7O4.ClH/c1-6-32(4)25(36)27(3,16-34(26(37)38)15-17(2)35)19-9-12-22-21(13-19)31-23(33(22)5)14-30-20-10-7-18(8-11-20)24(28)29;/h7-13,30H,6,14-16H2,1-5H3,(H3,28,29)(H,37,38);1H. The van der Waals surface area contributed by atoms with Crippen LogP contribution < -0.4 is 11.1 Å².